The number of rotatable bonds is 4. The van der Waals surface area contributed by atoms with Gasteiger partial charge in [0.2, 0.25) is 0 Å². The van der Waals surface area contributed by atoms with E-state index in [4.69, 9.17) is 9.47 Å². The number of aliphatic hydroxyl groups is 4. The van der Waals surface area contributed by atoms with Gasteiger partial charge in [0.15, 0.2) is 0 Å². The Labute approximate surface area is 136 Å². The summed E-state index contributed by atoms with van der Waals surface area (Å²) in [4.78, 5) is 0. The Morgan fingerprint density at radius 2 is 1.78 bits per heavy atom. The molecule has 0 spiro atoms. The zero-order valence-corrected chi connectivity index (χ0v) is 13.7. The van der Waals surface area contributed by atoms with Crippen LogP contribution in [0.15, 0.2) is 24.3 Å². The molecule has 1 saturated heterocycles. The summed E-state index contributed by atoms with van der Waals surface area (Å²) in [5.74, 6) is 0.634. The molecule has 1 fully saturated rings. The van der Waals surface area contributed by atoms with Gasteiger partial charge in [0.05, 0.1) is 13.2 Å². The van der Waals surface area contributed by atoms with Crippen molar-refractivity contribution in [2.45, 2.75) is 51.3 Å². The molecule has 1 aliphatic rings. The van der Waals surface area contributed by atoms with Gasteiger partial charge in [0, 0.05) is 0 Å². The molecule has 1 aromatic rings. The quantitative estimate of drug-likeness (QED) is 0.648. The van der Waals surface area contributed by atoms with E-state index in [2.05, 4.69) is 20.8 Å². The standard InChI is InChI=1S/C17H26O6/c1-17(2,3)9-22-11-6-4-5-10(7-11)16-15(21)14(20)13(19)12(8-18)23-16/h4-7,12-16,18-21H,8-9H2,1-3H3. The Morgan fingerprint density at radius 1 is 1.09 bits per heavy atom. The van der Waals surface area contributed by atoms with Crippen molar-refractivity contribution in [3.05, 3.63) is 29.8 Å². The molecule has 6 nitrogen and oxygen atoms in total. The van der Waals surface area contributed by atoms with Crippen LogP contribution in [0.5, 0.6) is 5.75 Å². The molecule has 1 heterocycles. The molecule has 1 aliphatic heterocycles. The number of hydrogen-bond acceptors (Lipinski definition) is 6. The summed E-state index contributed by atoms with van der Waals surface area (Å²) < 4.78 is 11.3. The average molecular weight is 326 g/mol. The molecule has 23 heavy (non-hydrogen) atoms. The topological polar surface area (TPSA) is 99.4 Å². The van der Waals surface area contributed by atoms with Crippen LogP contribution in [0.3, 0.4) is 0 Å². The normalized spacial score (nSPS) is 31.9. The van der Waals surface area contributed by atoms with E-state index >= 15 is 0 Å². The lowest BCUT2D eigenvalue weighted by atomic mass is 9.91. The number of aliphatic hydroxyl groups excluding tert-OH is 4. The van der Waals surface area contributed by atoms with E-state index in [1.807, 2.05) is 0 Å². The monoisotopic (exact) mass is 326 g/mol. The molecule has 5 atom stereocenters. The summed E-state index contributed by atoms with van der Waals surface area (Å²) in [5.41, 5.74) is 0.632. The fourth-order valence-corrected chi connectivity index (χ4v) is 2.46. The fourth-order valence-electron chi connectivity index (χ4n) is 2.46. The van der Waals surface area contributed by atoms with Crippen LogP contribution in [-0.4, -0.2) is 58.1 Å². The fraction of sp³-hybridized carbons (Fsp3) is 0.647. The van der Waals surface area contributed by atoms with E-state index in [0.717, 1.165) is 0 Å². The first-order valence-corrected chi connectivity index (χ1v) is 7.76. The van der Waals surface area contributed by atoms with Gasteiger partial charge >= 0.3 is 0 Å². The summed E-state index contributed by atoms with van der Waals surface area (Å²) in [6, 6.07) is 7.06. The van der Waals surface area contributed by atoms with Crippen LogP contribution in [-0.2, 0) is 4.74 Å². The molecule has 5 unspecified atom stereocenters. The Kier molecular flexibility index (Phi) is 5.65. The maximum absolute atomic E-state index is 10.2. The third-order valence-electron chi connectivity index (χ3n) is 3.75. The van der Waals surface area contributed by atoms with Crippen LogP contribution >= 0.6 is 0 Å². The van der Waals surface area contributed by atoms with Crippen LogP contribution in [0.25, 0.3) is 0 Å². The van der Waals surface area contributed by atoms with Crippen LogP contribution in [0.4, 0.5) is 0 Å². The largest absolute Gasteiger partial charge is 0.493 e. The second-order valence-electron chi connectivity index (χ2n) is 7.17. The predicted molar refractivity (Wildman–Crippen MR) is 84.1 cm³/mol. The minimum atomic E-state index is -1.38. The second kappa shape index (κ2) is 7.15. The molecule has 0 bridgehead atoms. The summed E-state index contributed by atoms with van der Waals surface area (Å²) in [6.45, 7) is 6.28. The number of hydrogen-bond donors (Lipinski definition) is 4. The van der Waals surface area contributed by atoms with Gasteiger partial charge in [-0.2, -0.15) is 0 Å². The molecular formula is C17H26O6. The average Bonchev–Trinajstić information content (AvgIpc) is 2.51. The number of ether oxygens (including phenoxy) is 2. The van der Waals surface area contributed by atoms with Gasteiger partial charge in [-0.1, -0.05) is 32.9 Å². The third-order valence-corrected chi connectivity index (χ3v) is 3.75. The van der Waals surface area contributed by atoms with Crippen molar-refractivity contribution in [2.24, 2.45) is 5.41 Å². The van der Waals surface area contributed by atoms with Gasteiger partial charge in [-0.15, -0.1) is 0 Å². The van der Waals surface area contributed by atoms with E-state index in [0.29, 0.717) is 17.9 Å². The molecule has 2 rings (SSSR count). The highest BCUT2D eigenvalue weighted by atomic mass is 16.5. The first-order chi connectivity index (χ1) is 10.7. The number of benzene rings is 1. The molecule has 0 amide bonds. The van der Waals surface area contributed by atoms with Crippen molar-refractivity contribution in [3.8, 4) is 5.75 Å². The van der Waals surface area contributed by atoms with Gasteiger partial charge in [-0.05, 0) is 23.1 Å². The van der Waals surface area contributed by atoms with E-state index in [9.17, 15) is 20.4 Å². The van der Waals surface area contributed by atoms with Crippen molar-refractivity contribution in [1.82, 2.24) is 0 Å². The van der Waals surface area contributed by atoms with Gasteiger partial charge in [0.1, 0.15) is 36.3 Å². The molecule has 0 aromatic heterocycles. The van der Waals surface area contributed by atoms with Crippen LogP contribution < -0.4 is 4.74 Å². The van der Waals surface area contributed by atoms with E-state index in [-0.39, 0.29) is 5.41 Å². The Hall–Kier alpha value is -1.18. The van der Waals surface area contributed by atoms with Crippen molar-refractivity contribution in [3.63, 3.8) is 0 Å². The van der Waals surface area contributed by atoms with Crippen LogP contribution in [0, 0.1) is 5.41 Å². The highest BCUT2D eigenvalue weighted by Gasteiger charge is 2.43. The van der Waals surface area contributed by atoms with E-state index in [1.165, 1.54) is 0 Å². The lowest BCUT2D eigenvalue weighted by Gasteiger charge is -2.40. The molecule has 4 N–H and O–H groups in total. The summed E-state index contributed by atoms with van der Waals surface area (Å²) >= 11 is 0. The summed E-state index contributed by atoms with van der Waals surface area (Å²) in [6.07, 6.45) is -5.79. The molecule has 0 aliphatic carbocycles. The highest BCUT2D eigenvalue weighted by molar-refractivity contribution is 5.31. The van der Waals surface area contributed by atoms with Crippen molar-refractivity contribution >= 4 is 0 Å². The zero-order chi connectivity index (χ0) is 17.2. The lowest BCUT2D eigenvalue weighted by molar-refractivity contribution is -0.231. The van der Waals surface area contributed by atoms with Crippen molar-refractivity contribution in [2.75, 3.05) is 13.2 Å². The summed E-state index contributed by atoms with van der Waals surface area (Å²) in [5, 5.41) is 39.1. The smallest absolute Gasteiger partial charge is 0.119 e. The Balaban J connectivity index is 2.17. The molecular weight excluding hydrogens is 300 g/mol. The summed E-state index contributed by atoms with van der Waals surface area (Å²) in [7, 11) is 0. The lowest BCUT2D eigenvalue weighted by Crippen LogP contribution is -2.55. The minimum Gasteiger partial charge on any atom is -0.493 e. The predicted octanol–water partition coefficient (Wildman–Crippen LogP) is 0.626. The van der Waals surface area contributed by atoms with E-state index in [1.54, 1.807) is 24.3 Å². The van der Waals surface area contributed by atoms with E-state index < -0.39 is 37.1 Å². The highest BCUT2D eigenvalue weighted by Crippen LogP contribution is 2.33. The molecule has 0 radical (unpaired) electrons. The first-order valence-electron chi connectivity index (χ1n) is 7.76. The Morgan fingerprint density at radius 3 is 2.39 bits per heavy atom. The van der Waals surface area contributed by atoms with Gasteiger partial charge in [0.25, 0.3) is 0 Å². The Bertz CT molecular complexity index is 510. The van der Waals surface area contributed by atoms with Gasteiger partial charge in [-0.3, -0.25) is 0 Å². The van der Waals surface area contributed by atoms with Crippen molar-refractivity contribution in [1.29, 1.82) is 0 Å². The second-order valence-corrected chi connectivity index (χ2v) is 7.17. The first kappa shape index (κ1) is 18.2. The van der Waals surface area contributed by atoms with Crippen LogP contribution in [0.1, 0.15) is 32.4 Å². The molecule has 1 aromatic carbocycles. The SMILES string of the molecule is CC(C)(C)COc1cccc(C2OC(CO)C(O)C(O)C2O)c1. The van der Waals surface area contributed by atoms with Crippen molar-refractivity contribution < 1.29 is 29.9 Å². The third kappa shape index (κ3) is 4.43. The maximum atomic E-state index is 10.2. The van der Waals surface area contributed by atoms with Gasteiger partial charge in [-0.25, -0.2) is 0 Å². The molecule has 6 heteroatoms. The molecule has 130 valence electrons. The molecule has 0 saturated carbocycles. The minimum absolute atomic E-state index is 0.0130. The maximum Gasteiger partial charge on any atom is 0.119 e. The van der Waals surface area contributed by atoms with Crippen LogP contribution in [0.2, 0.25) is 0 Å². The zero-order valence-electron chi connectivity index (χ0n) is 13.7. The van der Waals surface area contributed by atoms with Gasteiger partial charge < -0.3 is 29.9 Å².